The molecular formula is C17H26N2O3S. The highest BCUT2D eigenvalue weighted by Crippen LogP contribution is 2.19. The Bertz CT molecular complexity index is 665. The van der Waals surface area contributed by atoms with Crippen LogP contribution >= 0.6 is 0 Å². The van der Waals surface area contributed by atoms with Gasteiger partial charge in [0, 0.05) is 19.1 Å². The molecule has 0 unspecified atom stereocenters. The van der Waals surface area contributed by atoms with Crippen LogP contribution in [0, 0.1) is 13.8 Å². The second-order valence-corrected chi connectivity index (χ2v) is 8.96. The number of carbonyl (C=O) groups is 1. The number of amides is 2. The zero-order valence-corrected chi connectivity index (χ0v) is 15.1. The molecule has 1 fully saturated rings. The molecule has 1 saturated heterocycles. The van der Waals surface area contributed by atoms with Crippen LogP contribution in [0.15, 0.2) is 18.2 Å². The molecule has 2 rings (SSSR count). The summed E-state index contributed by atoms with van der Waals surface area (Å²) in [5, 5.41) is 2.40. The van der Waals surface area contributed by atoms with Gasteiger partial charge in [-0.15, -0.1) is 0 Å². The molecule has 1 heterocycles. The third-order valence-electron chi connectivity index (χ3n) is 4.59. The Balaban J connectivity index is 1.90. The number of urea groups is 1. The molecule has 1 N–H and O–H groups in total. The summed E-state index contributed by atoms with van der Waals surface area (Å²) in [7, 11) is -3.07. The van der Waals surface area contributed by atoms with Gasteiger partial charge in [-0.25, -0.2) is 13.2 Å². The summed E-state index contributed by atoms with van der Waals surface area (Å²) in [4.78, 5) is 13.9. The van der Waals surface area contributed by atoms with Crippen molar-refractivity contribution in [1.82, 2.24) is 10.2 Å². The number of benzene rings is 1. The van der Waals surface area contributed by atoms with Crippen LogP contribution < -0.4 is 5.32 Å². The fourth-order valence-corrected chi connectivity index (χ4v) is 4.65. The van der Waals surface area contributed by atoms with E-state index < -0.39 is 15.1 Å². The number of rotatable bonds is 3. The maximum Gasteiger partial charge on any atom is 0.317 e. The fourth-order valence-electron chi connectivity index (χ4n) is 3.08. The van der Waals surface area contributed by atoms with Gasteiger partial charge in [-0.2, -0.15) is 0 Å². The minimum atomic E-state index is -3.07. The second kappa shape index (κ2) is 6.91. The van der Waals surface area contributed by atoms with Crippen LogP contribution in [0.2, 0.25) is 0 Å². The van der Waals surface area contributed by atoms with Crippen LogP contribution in [0.3, 0.4) is 0 Å². The molecule has 0 aromatic heterocycles. The van der Waals surface area contributed by atoms with Crippen LogP contribution in [0.1, 0.15) is 30.5 Å². The Morgan fingerprint density at radius 2 is 1.83 bits per heavy atom. The van der Waals surface area contributed by atoms with Gasteiger partial charge >= 0.3 is 6.03 Å². The van der Waals surface area contributed by atoms with Gasteiger partial charge in [0.2, 0.25) is 0 Å². The van der Waals surface area contributed by atoms with Crippen LogP contribution in [0.4, 0.5) is 4.79 Å². The molecule has 0 radical (unpaired) electrons. The van der Waals surface area contributed by atoms with E-state index in [-0.39, 0.29) is 24.4 Å². The predicted molar refractivity (Wildman–Crippen MR) is 92.4 cm³/mol. The van der Waals surface area contributed by atoms with Crippen molar-refractivity contribution >= 4 is 15.9 Å². The van der Waals surface area contributed by atoms with Crippen molar-refractivity contribution in [2.75, 3.05) is 18.8 Å². The topological polar surface area (TPSA) is 66.5 Å². The van der Waals surface area contributed by atoms with E-state index in [1.54, 1.807) is 18.7 Å². The zero-order chi connectivity index (χ0) is 17.2. The van der Waals surface area contributed by atoms with Gasteiger partial charge in [0.05, 0.1) is 11.0 Å². The Kier molecular flexibility index (Phi) is 5.34. The first-order valence-electron chi connectivity index (χ1n) is 8.04. The summed E-state index contributed by atoms with van der Waals surface area (Å²) >= 11 is 0. The van der Waals surface area contributed by atoms with E-state index in [1.165, 1.54) is 16.7 Å². The van der Waals surface area contributed by atoms with Crippen molar-refractivity contribution in [3.8, 4) is 0 Å². The van der Waals surface area contributed by atoms with Gasteiger partial charge in [0.25, 0.3) is 0 Å². The third-order valence-corrected chi connectivity index (χ3v) is 6.86. The Morgan fingerprint density at radius 1 is 1.22 bits per heavy atom. The van der Waals surface area contributed by atoms with Crippen LogP contribution in [0.25, 0.3) is 0 Å². The first-order valence-corrected chi connectivity index (χ1v) is 9.75. The molecule has 0 bridgehead atoms. The molecule has 0 saturated carbocycles. The van der Waals surface area contributed by atoms with E-state index in [0.29, 0.717) is 6.54 Å². The number of aryl methyl sites for hydroxylation is 2. The summed E-state index contributed by atoms with van der Waals surface area (Å²) in [5.74, 6) is 0.0446. The van der Waals surface area contributed by atoms with Crippen LogP contribution in [-0.4, -0.2) is 49.5 Å². The minimum absolute atomic E-state index is 0.0446. The van der Waals surface area contributed by atoms with Crippen molar-refractivity contribution < 1.29 is 13.2 Å². The highest BCUT2D eigenvalue weighted by atomic mass is 32.2. The van der Waals surface area contributed by atoms with Crippen molar-refractivity contribution in [3.05, 3.63) is 34.9 Å². The summed E-state index contributed by atoms with van der Waals surface area (Å²) < 4.78 is 23.7. The fraction of sp³-hybridized carbons (Fsp3) is 0.588. The minimum Gasteiger partial charge on any atom is -0.338 e. The van der Waals surface area contributed by atoms with E-state index in [0.717, 1.165) is 6.42 Å². The highest BCUT2D eigenvalue weighted by molar-refractivity contribution is 7.92. The monoisotopic (exact) mass is 338 g/mol. The molecule has 1 aromatic rings. The lowest BCUT2D eigenvalue weighted by Gasteiger charge is -2.37. The maximum absolute atomic E-state index is 12.3. The van der Waals surface area contributed by atoms with Crippen molar-refractivity contribution in [3.63, 3.8) is 0 Å². The molecule has 128 valence electrons. The van der Waals surface area contributed by atoms with Crippen LogP contribution in [0.5, 0.6) is 0 Å². The van der Waals surface area contributed by atoms with E-state index >= 15 is 0 Å². The summed E-state index contributed by atoms with van der Waals surface area (Å²) in [6, 6.07) is 5.90. The van der Waals surface area contributed by atoms with E-state index in [9.17, 15) is 13.2 Å². The van der Waals surface area contributed by atoms with Crippen LogP contribution in [-0.2, 0) is 16.3 Å². The summed E-state index contributed by atoms with van der Waals surface area (Å²) in [6.45, 7) is 8.41. The average molecular weight is 338 g/mol. The zero-order valence-electron chi connectivity index (χ0n) is 14.3. The third kappa shape index (κ3) is 4.25. The summed E-state index contributed by atoms with van der Waals surface area (Å²) in [6.07, 6.45) is 0.768. The molecular weight excluding hydrogens is 312 g/mol. The van der Waals surface area contributed by atoms with E-state index in [2.05, 4.69) is 37.4 Å². The lowest BCUT2D eigenvalue weighted by molar-refractivity contribution is 0.178. The number of hydrogen-bond acceptors (Lipinski definition) is 3. The predicted octanol–water partition coefficient (Wildman–Crippen LogP) is 2.06. The number of sulfone groups is 1. The van der Waals surface area contributed by atoms with Crippen molar-refractivity contribution in [1.29, 1.82) is 0 Å². The lowest BCUT2D eigenvalue weighted by atomic mass is 10.1. The Labute approximate surface area is 139 Å². The van der Waals surface area contributed by atoms with Gasteiger partial charge in [-0.1, -0.05) is 29.3 Å². The molecule has 6 heteroatoms. The number of nitrogens with zero attached hydrogens (tertiary/aromatic N) is 1. The highest BCUT2D eigenvalue weighted by Gasteiger charge is 2.37. The average Bonchev–Trinajstić information content (AvgIpc) is 2.44. The molecule has 0 aliphatic carbocycles. The molecule has 0 spiro atoms. The molecule has 1 aliphatic rings. The second-order valence-electron chi connectivity index (χ2n) is 6.48. The maximum atomic E-state index is 12.3. The summed E-state index contributed by atoms with van der Waals surface area (Å²) in [5.41, 5.74) is 3.63. The normalized spacial score (nSPS) is 23.6. The molecule has 23 heavy (non-hydrogen) atoms. The Hall–Kier alpha value is -1.56. The molecule has 5 nitrogen and oxygen atoms in total. The lowest BCUT2D eigenvalue weighted by Crippen LogP contribution is -2.57. The van der Waals surface area contributed by atoms with E-state index in [4.69, 9.17) is 0 Å². The largest absolute Gasteiger partial charge is 0.338 e. The van der Waals surface area contributed by atoms with Crippen molar-refractivity contribution in [2.45, 2.75) is 45.4 Å². The smallest absolute Gasteiger partial charge is 0.317 e. The molecule has 1 aromatic carbocycles. The molecule has 2 amide bonds. The number of hydrogen-bond donors (Lipinski definition) is 1. The first-order chi connectivity index (χ1) is 10.7. The first kappa shape index (κ1) is 17.8. The van der Waals surface area contributed by atoms with Gasteiger partial charge in [-0.05, 0) is 39.7 Å². The number of carbonyl (C=O) groups excluding carboxylic acids is 1. The number of nitrogens with one attached hydrogen (secondary N) is 1. The van der Waals surface area contributed by atoms with Crippen molar-refractivity contribution in [2.24, 2.45) is 0 Å². The quantitative estimate of drug-likeness (QED) is 0.917. The van der Waals surface area contributed by atoms with E-state index in [1.807, 2.05) is 0 Å². The molecule has 1 aliphatic heterocycles. The molecule has 2 atom stereocenters. The van der Waals surface area contributed by atoms with Gasteiger partial charge in [0.1, 0.15) is 0 Å². The Morgan fingerprint density at radius 3 is 2.43 bits per heavy atom. The van der Waals surface area contributed by atoms with Gasteiger partial charge in [-0.3, -0.25) is 0 Å². The van der Waals surface area contributed by atoms with Gasteiger partial charge in [0.15, 0.2) is 9.84 Å². The standard InChI is InChI=1S/C17H26N2O3S/c1-12-9-13(2)11-16(10-12)5-6-18-17(20)19-7-8-23(21,22)15(4)14(19)3/h9-11,14-15H,5-8H2,1-4H3,(H,18,20)/t14-,15+/m1/s1. The SMILES string of the molecule is Cc1cc(C)cc(CCNC(=O)N2CCS(=O)(=O)[C@@H](C)[C@H]2C)c1. The van der Waals surface area contributed by atoms with Gasteiger partial charge < -0.3 is 10.2 Å².